The van der Waals surface area contributed by atoms with Gasteiger partial charge in [-0.2, -0.15) is 0 Å². The van der Waals surface area contributed by atoms with Crippen molar-refractivity contribution in [2.75, 3.05) is 38.3 Å². The Balaban J connectivity index is 2.10. The first-order chi connectivity index (χ1) is 10.8. The predicted molar refractivity (Wildman–Crippen MR) is 90.1 cm³/mol. The van der Waals surface area contributed by atoms with Gasteiger partial charge in [-0.3, -0.25) is 4.98 Å². The van der Waals surface area contributed by atoms with Crippen molar-refractivity contribution in [1.82, 2.24) is 9.88 Å². The number of anilines is 1. The van der Waals surface area contributed by atoms with E-state index >= 15 is 0 Å². The molecule has 6 nitrogen and oxygen atoms in total. The monoisotopic (exact) mass is 341 g/mol. The fourth-order valence-electron chi connectivity index (χ4n) is 2.33. The standard InChI is InChI=1S/C16H24ClN3O3/c1-16(2,3)23-15(21)19(4)12-10-20(7-8-22-11-12)14-9-18-6-5-13(14)17/h5-6,9,12H,7-8,10-11H2,1-4H3. The van der Waals surface area contributed by atoms with E-state index in [0.29, 0.717) is 31.3 Å². The van der Waals surface area contributed by atoms with E-state index in [0.717, 1.165) is 5.69 Å². The summed E-state index contributed by atoms with van der Waals surface area (Å²) in [6.07, 6.45) is 3.04. The molecular formula is C16H24ClN3O3. The Morgan fingerprint density at radius 1 is 1.52 bits per heavy atom. The molecule has 2 heterocycles. The molecule has 23 heavy (non-hydrogen) atoms. The lowest BCUT2D eigenvalue weighted by Gasteiger charge is -2.32. The maximum absolute atomic E-state index is 12.3. The Hall–Kier alpha value is -1.53. The van der Waals surface area contributed by atoms with E-state index in [4.69, 9.17) is 21.1 Å². The summed E-state index contributed by atoms with van der Waals surface area (Å²) in [4.78, 5) is 20.1. The molecule has 1 amide bonds. The molecule has 1 unspecified atom stereocenters. The highest BCUT2D eigenvalue weighted by Crippen LogP contribution is 2.25. The van der Waals surface area contributed by atoms with Gasteiger partial charge < -0.3 is 19.3 Å². The average molecular weight is 342 g/mol. The molecule has 0 aromatic carbocycles. The first kappa shape index (κ1) is 17.8. The third-order valence-corrected chi connectivity index (χ3v) is 3.88. The van der Waals surface area contributed by atoms with Gasteiger partial charge >= 0.3 is 6.09 Å². The number of aromatic nitrogens is 1. The van der Waals surface area contributed by atoms with Crippen LogP contribution in [0.3, 0.4) is 0 Å². The Labute approximate surface area is 142 Å². The molecule has 1 aliphatic rings. The van der Waals surface area contributed by atoms with Crippen LogP contribution in [-0.4, -0.2) is 61.0 Å². The highest BCUT2D eigenvalue weighted by atomic mass is 35.5. The molecule has 128 valence electrons. The molecule has 0 bridgehead atoms. The van der Waals surface area contributed by atoms with Gasteiger partial charge in [0.2, 0.25) is 0 Å². The Morgan fingerprint density at radius 3 is 2.91 bits per heavy atom. The van der Waals surface area contributed by atoms with Crippen LogP contribution in [0.25, 0.3) is 0 Å². The molecule has 1 aromatic rings. The van der Waals surface area contributed by atoms with Gasteiger partial charge in [-0.15, -0.1) is 0 Å². The van der Waals surface area contributed by atoms with Gasteiger partial charge in [-0.25, -0.2) is 4.79 Å². The molecule has 0 aliphatic carbocycles. The van der Waals surface area contributed by atoms with E-state index in [2.05, 4.69) is 9.88 Å². The fraction of sp³-hybridized carbons (Fsp3) is 0.625. The van der Waals surface area contributed by atoms with Gasteiger partial charge in [0.1, 0.15) is 5.60 Å². The molecule has 1 aliphatic heterocycles. The van der Waals surface area contributed by atoms with Crippen molar-refractivity contribution in [3.63, 3.8) is 0 Å². The highest BCUT2D eigenvalue weighted by Gasteiger charge is 2.29. The molecule has 0 N–H and O–H groups in total. The maximum atomic E-state index is 12.3. The van der Waals surface area contributed by atoms with Gasteiger partial charge in [0.25, 0.3) is 0 Å². The minimum absolute atomic E-state index is 0.122. The van der Waals surface area contributed by atoms with Crippen LogP contribution in [0.15, 0.2) is 18.5 Å². The van der Waals surface area contributed by atoms with Crippen LogP contribution in [0.4, 0.5) is 10.5 Å². The largest absolute Gasteiger partial charge is 0.444 e. The number of hydrogen-bond acceptors (Lipinski definition) is 5. The van der Waals surface area contributed by atoms with Crippen molar-refractivity contribution in [3.05, 3.63) is 23.5 Å². The third-order valence-electron chi connectivity index (χ3n) is 3.57. The van der Waals surface area contributed by atoms with Crippen LogP contribution >= 0.6 is 11.6 Å². The number of hydrogen-bond donors (Lipinski definition) is 0. The molecule has 1 saturated heterocycles. The zero-order valence-corrected chi connectivity index (χ0v) is 14.8. The van der Waals surface area contributed by atoms with Crippen LogP contribution in [0.5, 0.6) is 0 Å². The SMILES string of the molecule is CN(C(=O)OC(C)(C)C)C1COCCN(c2cnccc2Cl)C1. The minimum Gasteiger partial charge on any atom is -0.444 e. The molecule has 7 heteroatoms. The zero-order valence-electron chi connectivity index (χ0n) is 14.1. The van der Waals surface area contributed by atoms with Crippen molar-refractivity contribution in [2.45, 2.75) is 32.4 Å². The molecule has 1 aromatic heterocycles. The van der Waals surface area contributed by atoms with Crippen molar-refractivity contribution in [1.29, 1.82) is 0 Å². The van der Waals surface area contributed by atoms with Crippen molar-refractivity contribution >= 4 is 23.4 Å². The first-order valence-corrected chi connectivity index (χ1v) is 8.04. The normalized spacial score (nSPS) is 19.2. The first-order valence-electron chi connectivity index (χ1n) is 7.66. The summed E-state index contributed by atoms with van der Waals surface area (Å²) in [5.41, 5.74) is 0.325. The van der Waals surface area contributed by atoms with E-state index in [1.165, 1.54) is 0 Å². The quantitative estimate of drug-likeness (QED) is 0.828. The summed E-state index contributed by atoms with van der Waals surface area (Å²) >= 11 is 6.26. The maximum Gasteiger partial charge on any atom is 0.410 e. The lowest BCUT2D eigenvalue weighted by Crippen LogP contribution is -2.47. The second-order valence-electron chi connectivity index (χ2n) is 6.59. The van der Waals surface area contributed by atoms with Crippen molar-refractivity contribution in [3.8, 4) is 0 Å². The van der Waals surface area contributed by atoms with Gasteiger partial charge in [0.15, 0.2) is 0 Å². The number of ether oxygens (including phenoxy) is 2. The summed E-state index contributed by atoms with van der Waals surface area (Å²) < 4.78 is 11.1. The number of pyridine rings is 1. The second-order valence-corrected chi connectivity index (χ2v) is 7.00. The van der Waals surface area contributed by atoms with Crippen LogP contribution in [0.2, 0.25) is 5.02 Å². The number of nitrogens with zero attached hydrogens (tertiary/aromatic N) is 3. The number of amides is 1. The summed E-state index contributed by atoms with van der Waals surface area (Å²) in [5.74, 6) is 0. The fourth-order valence-corrected chi connectivity index (χ4v) is 2.56. The molecule has 0 radical (unpaired) electrons. The molecule has 0 spiro atoms. The number of halogens is 1. The van der Waals surface area contributed by atoms with E-state index < -0.39 is 5.60 Å². The molecule has 1 fully saturated rings. The van der Waals surface area contributed by atoms with E-state index in [-0.39, 0.29) is 12.1 Å². The van der Waals surface area contributed by atoms with E-state index in [9.17, 15) is 4.79 Å². The summed E-state index contributed by atoms with van der Waals surface area (Å²) in [6.45, 7) is 7.90. The molecular weight excluding hydrogens is 318 g/mol. The second kappa shape index (κ2) is 7.36. The Morgan fingerprint density at radius 2 is 2.26 bits per heavy atom. The van der Waals surface area contributed by atoms with Crippen LogP contribution in [0.1, 0.15) is 20.8 Å². The summed E-state index contributed by atoms with van der Waals surface area (Å²) in [6, 6.07) is 1.64. The topological polar surface area (TPSA) is 54.9 Å². The Bertz CT molecular complexity index is 548. The molecule has 1 atom stereocenters. The van der Waals surface area contributed by atoms with Gasteiger partial charge in [0, 0.05) is 26.3 Å². The summed E-state index contributed by atoms with van der Waals surface area (Å²) in [5, 5.41) is 0.639. The highest BCUT2D eigenvalue weighted by molar-refractivity contribution is 6.33. The van der Waals surface area contributed by atoms with E-state index in [1.54, 1.807) is 30.4 Å². The smallest absolute Gasteiger partial charge is 0.410 e. The van der Waals surface area contributed by atoms with E-state index in [1.807, 2.05) is 20.8 Å². The lowest BCUT2D eigenvalue weighted by atomic mass is 10.2. The zero-order chi connectivity index (χ0) is 17.0. The van der Waals surface area contributed by atoms with Crippen LogP contribution in [0, 0.1) is 0 Å². The number of carbonyl (C=O) groups is 1. The van der Waals surface area contributed by atoms with Crippen molar-refractivity contribution < 1.29 is 14.3 Å². The lowest BCUT2D eigenvalue weighted by molar-refractivity contribution is 0.0133. The number of rotatable bonds is 2. The summed E-state index contributed by atoms with van der Waals surface area (Å²) in [7, 11) is 1.73. The average Bonchev–Trinajstić information content (AvgIpc) is 2.71. The third kappa shape index (κ3) is 4.97. The van der Waals surface area contributed by atoms with Crippen molar-refractivity contribution in [2.24, 2.45) is 0 Å². The Kier molecular flexibility index (Phi) is 5.70. The van der Waals surface area contributed by atoms with Gasteiger partial charge in [-0.05, 0) is 26.8 Å². The molecule has 0 saturated carbocycles. The van der Waals surface area contributed by atoms with Gasteiger partial charge in [0.05, 0.1) is 36.2 Å². The number of likely N-dealkylation sites (N-methyl/N-ethyl adjacent to an activating group) is 1. The minimum atomic E-state index is -0.525. The predicted octanol–water partition coefficient (Wildman–Crippen LogP) is 2.81. The molecule has 2 rings (SSSR count). The van der Waals surface area contributed by atoms with Crippen LogP contribution < -0.4 is 4.90 Å². The van der Waals surface area contributed by atoms with Crippen LogP contribution in [-0.2, 0) is 9.47 Å². The van der Waals surface area contributed by atoms with Gasteiger partial charge in [-0.1, -0.05) is 11.6 Å². The number of carbonyl (C=O) groups excluding carboxylic acids is 1.